The molecule has 3 fully saturated rings. The van der Waals surface area contributed by atoms with E-state index in [0.29, 0.717) is 37.5 Å². The number of hydrogen-bond donors (Lipinski definition) is 3. The van der Waals surface area contributed by atoms with Gasteiger partial charge in [-0.3, -0.25) is 14.4 Å². The third-order valence-corrected chi connectivity index (χ3v) is 9.61. The van der Waals surface area contributed by atoms with Crippen LogP contribution in [0.15, 0.2) is 12.1 Å². The molecule has 2 bridgehead atoms. The zero-order valence-corrected chi connectivity index (χ0v) is 24.6. The van der Waals surface area contributed by atoms with Crippen LogP contribution in [0.5, 0.6) is 11.5 Å². The number of amides is 2. The lowest BCUT2D eigenvalue weighted by molar-refractivity contribution is -0.150. The van der Waals surface area contributed by atoms with Gasteiger partial charge in [0.25, 0.3) is 5.91 Å². The molecule has 0 heterocycles. The summed E-state index contributed by atoms with van der Waals surface area (Å²) in [4.78, 5) is 38.7. The lowest BCUT2D eigenvalue weighted by Crippen LogP contribution is -2.53. The normalized spacial score (nSPS) is 29.6. The molecule has 3 aliphatic carbocycles. The van der Waals surface area contributed by atoms with Gasteiger partial charge >= 0.3 is 5.97 Å². The van der Waals surface area contributed by atoms with Crippen LogP contribution in [0, 0.1) is 40.8 Å². The van der Waals surface area contributed by atoms with Crippen LogP contribution in [0.25, 0.3) is 0 Å². The molecule has 4 atom stereocenters. The van der Waals surface area contributed by atoms with Gasteiger partial charge in [-0.2, -0.15) is 0 Å². The molecule has 0 spiro atoms. The Labute approximate surface area is 236 Å². The summed E-state index contributed by atoms with van der Waals surface area (Å²) in [5.41, 5.74) is -0.661. The summed E-state index contributed by atoms with van der Waals surface area (Å²) < 4.78 is 26.3. The van der Waals surface area contributed by atoms with Gasteiger partial charge in [-0.05, 0) is 81.6 Å². The van der Waals surface area contributed by atoms with Gasteiger partial charge in [-0.25, -0.2) is 4.39 Å². The van der Waals surface area contributed by atoms with Crippen molar-refractivity contribution in [3.8, 4) is 11.5 Å². The third kappa shape index (κ3) is 6.08. The molecule has 1 aromatic carbocycles. The summed E-state index contributed by atoms with van der Waals surface area (Å²) in [6.07, 6.45) is 4.31. The van der Waals surface area contributed by atoms with Gasteiger partial charge in [0.15, 0.2) is 11.6 Å². The molecule has 9 heteroatoms. The fourth-order valence-electron chi connectivity index (χ4n) is 7.18. The van der Waals surface area contributed by atoms with Gasteiger partial charge in [0, 0.05) is 18.2 Å². The van der Waals surface area contributed by atoms with Crippen LogP contribution in [0.1, 0.15) is 89.9 Å². The summed E-state index contributed by atoms with van der Waals surface area (Å²) in [7, 11) is 1.38. The minimum absolute atomic E-state index is 0.00865. The highest BCUT2D eigenvalue weighted by Crippen LogP contribution is 2.49. The van der Waals surface area contributed by atoms with Crippen molar-refractivity contribution in [1.82, 2.24) is 10.6 Å². The predicted octanol–water partition coefficient (Wildman–Crippen LogP) is 5.19. The van der Waals surface area contributed by atoms with Gasteiger partial charge in [-0.15, -0.1) is 0 Å². The number of methoxy groups -OCH3 is 1. The number of fused-ring (bicyclic) bond motifs is 2. The van der Waals surface area contributed by atoms with Crippen LogP contribution in [0.3, 0.4) is 0 Å². The van der Waals surface area contributed by atoms with Gasteiger partial charge in [0.05, 0.1) is 30.1 Å². The van der Waals surface area contributed by atoms with Gasteiger partial charge in [0.1, 0.15) is 5.75 Å². The maximum Gasteiger partial charge on any atom is 0.309 e. The van der Waals surface area contributed by atoms with Crippen molar-refractivity contribution in [2.24, 2.45) is 35.0 Å². The Balaban J connectivity index is 1.50. The highest BCUT2D eigenvalue weighted by Gasteiger charge is 2.52. The first kappa shape index (κ1) is 30.1. The Morgan fingerprint density at radius 2 is 1.62 bits per heavy atom. The number of nitrogens with one attached hydrogen (secondary N) is 2. The van der Waals surface area contributed by atoms with E-state index in [-0.39, 0.29) is 58.9 Å². The number of carboxylic acids is 1. The molecular formula is C31H45FN2O6. The monoisotopic (exact) mass is 560 g/mol. The molecule has 0 unspecified atom stereocenters. The Kier molecular flexibility index (Phi) is 9.00. The molecule has 8 nitrogen and oxygen atoms in total. The first-order chi connectivity index (χ1) is 18.8. The second-order valence-corrected chi connectivity index (χ2v) is 13.0. The number of ether oxygens (including phenoxy) is 2. The van der Waals surface area contributed by atoms with E-state index in [9.17, 15) is 23.9 Å². The minimum atomic E-state index is -0.836. The topological polar surface area (TPSA) is 114 Å². The number of benzene rings is 1. The van der Waals surface area contributed by atoms with Gasteiger partial charge in [-0.1, -0.05) is 27.7 Å². The minimum Gasteiger partial charge on any atom is -0.496 e. The number of aliphatic carboxylic acids is 1. The first-order valence-electron chi connectivity index (χ1n) is 14.7. The SMILES string of the molecule is COc1cc(F)c(O[C@H]2CC[C@@](C)(C(=O)O)CC2)cc1C(=O)N[C@@H]1[C@H]2CC[C@H](C2)[C@@H]1C(=O)NC(C(C)C)C(C)C. The fraction of sp³-hybridized carbons (Fsp3) is 0.710. The Bertz CT molecular complexity index is 1110. The van der Waals surface area contributed by atoms with E-state index in [2.05, 4.69) is 38.3 Å². The van der Waals surface area contributed by atoms with E-state index in [0.717, 1.165) is 25.3 Å². The molecule has 3 N–H and O–H groups in total. The number of carboxylic acid groups (broad SMARTS) is 1. The molecule has 4 rings (SSSR count). The maximum absolute atomic E-state index is 15.0. The highest BCUT2D eigenvalue weighted by atomic mass is 19.1. The molecule has 0 saturated heterocycles. The molecular weight excluding hydrogens is 515 g/mol. The van der Waals surface area contributed by atoms with E-state index in [1.165, 1.54) is 13.2 Å². The Hall–Kier alpha value is -2.84. The van der Waals surface area contributed by atoms with Crippen LogP contribution in [-0.2, 0) is 9.59 Å². The molecule has 40 heavy (non-hydrogen) atoms. The molecule has 3 saturated carbocycles. The largest absolute Gasteiger partial charge is 0.496 e. The Morgan fingerprint density at radius 1 is 1.00 bits per heavy atom. The summed E-state index contributed by atoms with van der Waals surface area (Å²) in [5, 5.41) is 15.9. The van der Waals surface area contributed by atoms with Crippen LogP contribution in [0.2, 0.25) is 0 Å². The van der Waals surface area contributed by atoms with Crippen LogP contribution in [-0.4, -0.2) is 48.2 Å². The summed E-state index contributed by atoms with van der Waals surface area (Å²) in [6, 6.07) is 2.25. The first-order valence-corrected chi connectivity index (χ1v) is 14.7. The smallest absolute Gasteiger partial charge is 0.309 e. The average molecular weight is 561 g/mol. The van der Waals surface area contributed by atoms with Crippen molar-refractivity contribution >= 4 is 17.8 Å². The van der Waals surface area contributed by atoms with E-state index in [1.807, 2.05) is 0 Å². The van der Waals surface area contributed by atoms with Gasteiger partial charge in [0.2, 0.25) is 5.91 Å². The van der Waals surface area contributed by atoms with Crippen molar-refractivity contribution in [2.75, 3.05) is 7.11 Å². The molecule has 0 aromatic heterocycles. The predicted molar refractivity (Wildman–Crippen MR) is 149 cm³/mol. The van der Waals surface area contributed by atoms with Crippen LogP contribution in [0.4, 0.5) is 4.39 Å². The van der Waals surface area contributed by atoms with E-state index in [1.54, 1.807) is 6.92 Å². The maximum atomic E-state index is 15.0. The standard InChI is InChI=1S/C31H45FN2O6/c1-16(2)26(17(3)4)33-29(36)25-18-7-8-19(13-18)27(25)34-28(35)21-14-24(22(32)15-23(21)39-6)40-20-9-11-31(5,12-10-20)30(37)38/h14-20,25-27H,7-13H2,1-6H3,(H,33,36)(H,34,35)(H,37,38)/t18-,19+,20-,25+,27-,31+/m1/s1. The van der Waals surface area contributed by atoms with Crippen molar-refractivity contribution < 1.29 is 33.4 Å². The lowest BCUT2D eigenvalue weighted by atomic mass is 9.75. The van der Waals surface area contributed by atoms with Crippen molar-refractivity contribution in [2.45, 2.75) is 97.8 Å². The third-order valence-electron chi connectivity index (χ3n) is 9.61. The van der Waals surface area contributed by atoms with Crippen molar-refractivity contribution in [3.63, 3.8) is 0 Å². The molecule has 222 valence electrons. The molecule has 0 aliphatic heterocycles. The fourth-order valence-corrected chi connectivity index (χ4v) is 7.18. The molecule has 0 radical (unpaired) electrons. The van der Waals surface area contributed by atoms with Crippen LogP contribution < -0.4 is 20.1 Å². The summed E-state index contributed by atoms with van der Waals surface area (Å²) in [5.74, 6) is -1.17. The lowest BCUT2D eigenvalue weighted by Gasteiger charge is -2.34. The molecule has 2 amide bonds. The highest BCUT2D eigenvalue weighted by molar-refractivity contribution is 5.98. The number of carbonyl (C=O) groups is 3. The van der Waals surface area contributed by atoms with E-state index < -0.39 is 23.1 Å². The molecule has 1 aromatic rings. The summed E-state index contributed by atoms with van der Waals surface area (Å²) >= 11 is 0. The quantitative estimate of drug-likeness (QED) is 0.363. The number of halogens is 1. The Morgan fingerprint density at radius 3 is 2.20 bits per heavy atom. The van der Waals surface area contributed by atoms with E-state index >= 15 is 0 Å². The second kappa shape index (κ2) is 12.0. The molecule has 3 aliphatic rings. The van der Waals surface area contributed by atoms with Crippen molar-refractivity contribution in [1.29, 1.82) is 0 Å². The van der Waals surface area contributed by atoms with E-state index in [4.69, 9.17) is 9.47 Å². The van der Waals surface area contributed by atoms with Crippen LogP contribution >= 0.6 is 0 Å². The zero-order chi connectivity index (χ0) is 29.4. The van der Waals surface area contributed by atoms with Gasteiger partial charge < -0.3 is 25.2 Å². The summed E-state index contributed by atoms with van der Waals surface area (Å²) in [6.45, 7) is 10.1. The second-order valence-electron chi connectivity index (χ2n) is 13.0. The average Bonchev–Trinajstić information content (AvgIpc) is 3.51. The van der Waals surface area contributed by atoms with Crippen molar-refractivity contribution in [3.05, 3.63) is 23.5 Å². The number of rotatable bonds is 10. The zero-order valence-electron chi connectivity index (χ0n) is 24.6. The number of hydrogen-bond acceptors (Lipinski definition) is 5. The number of carbonyl (C=O) groups excluding carboxylic acids is 2.